The van der Waals surface area contributed by atoms with E-state index in [0.29, 0.717) is 11.6 Å². The van der Waals surface area contributed by atoms with Crippen molar-refractivity contribution in [1.29, 1.82) is 0 Å². The average Bonchev–Trinajstić information content (AvgIpc) is 2.13. The Labute approximate surface area is 108 Å². The molecule has 0 atom stereocenters. The molecule has 1 aromatic rings. The van der Waals surface area contributed by atoms with Crippen molar-refractivity contribution in [2.45, 2.75) is 45.8 Å². The van der Waals surface area contributed by atoms with Gasteiger partial charge in [0.15, 0.2) is 0 Å². The van der Waals surface area contributed by atoms with Gasteiger partial charge in [-0.3, -0.25) is 0 Å². The fraction of sp³-hybridized carbons (Fsp3) is 0.667. The summed E-state index contributed by atoms with van der Waals surface area (Å²) in [6.07, 6.45) is 0. The fourth-order valence-corrected chi connectivity index (χ4v) is 1.27. The van der Waals surface area contributed by atoms with Crippen LogP contribution >= 0.6 is 0 Å². The standard InChI is InChI=1S/C12H23N5O/c1-6-14-8-7-9(16-10(13)15-8)17-11(2,3)12(4,5)18/h7,18H,6H2,1-5H3,(H4,13,14,15,16,17). The number of nitrogen functional groups attached to an aromatic ring is 1. The van der Waals surface area contributed by atoms with Crippen LogP contribution in [0.3, 0.4) is 0 Å². The maximum absolute atomic E-state index is 10.1. The monoisotopic (exact) mass is 253 g/mol. The van der Waals surface area contributed by atoms with Gasteiger partial charge in [-0.25, -0.2) is 0 Å². The Kier molecular flexibility index (Phi) is 4.01. The number of rotatable bonds is 5. The molecule has 0 aromatic carbocycles. The molecule has 0 spiro atoms. The summed E-state index contributed by atoms with van der Waals surface area (Å²) in [5, 5.41) is 16.4. The van der Waals surface area contributed by atoms with Crippen LogP contribution in [0.25, 0.3) is 0 Å². The summed E-state index contributed by atoms with van der Waals surface area (Å²) in [6.45, 7) is 10.0. The van der Waals surface area contributed by atoms with E-state index in [1.165, 1.54) is 0 Å². The van der Waals surface area contributed by atoms with Gasteiger partial charge in [-0.2, -0.15) is 9.97 Å². The molecular formula is C12H23N5O. The van der Waals surface area contributed by atoms with Gasteiger partial charge in [-0.05, 0) is 34.6 Å². The third-order valence-corrected chi connectivity index (χ3v) is 3.07. The number of nitrogens with one attached hydrogen (secondary N) is 2. The Bertz CT molecular complexity index is 411. The van der Waals surface area contributed by atoms with E-state index in [9.17, 15) is 5.11 Å². The molecule has 6 nitrogen and oxygen atoms in total. The zero-order valence-electron chi connectivity index (χ0n) is 11.7. The average molecular weight is 253 g/mol. The molecule has 0 unspecified atom stereocenters. The molecule has 102 valence electrons. The van der Waals surface area contributed by atoms with Gasteiger partial charge in [0, 0.05) is 12.6 Å². The first kappa shape index (κ1) is 14.5. The van der Waals surface area contributed by atoms with E-state index in [1.807, 2.05) is 20.8 Å². The van der Waals surface area contributed by atoms with Crippen molar-refractivity contribution in [3.63, 3.8) is 0 Å². The molecule has 0 fully saturated rings. The van der Waals surface area contributed by atoms with Crippen LogP contribution in [-0.2, 0) is 0 Å². The van der Waals surface area contributed by atoms with Crippen LogP contribution < -0.4 is 16.4 Å². The molecule has 0 saturated carbocycles. The number of hydrogen-bond donors (Lipinski definition) is 4. The van der Waals surface area contributed by atoms with E-state index in [1.54, 1.807) is 19.9 Å². The van der Waals surface area contributed by atoms with Crippen LogP contribution in [-0.4, -0.2) is 32.8 Å². The first-order chi connectivity index (χ1) is 8.15. The minimum atomic E-state index is -0.898. The van der Waals surface area contributed by atoms with Gasteiger partial charge in [0.25, 0.3) is 0 Å². The predicted molar refractivity (Wildman–Crippen MR) is 74.6 cm³/mol. The molecule has 1 rings (SSSR count). The second-order valence-electron chi connectivity index (χ2n) is 5.34. The summed E-state index contributed by atoms with van der Waals surface area (Å²) in [6, 6.07) is 1.77. The number of aliphatic hydroxyl groups is 1. The normalized spacial score (nSPS) is 12.3. The molecule has 5 N–H and O–H groups in total. The van der Waals surface area contributed by atoms with Crippen molar-refractivity contribution < 1.29 is 5.11 Å². The van der Waals surface area contributed by atoms with E-state index in [4.69, 9.17) is 5.73 Å². The van der Waals surface area contributed by atoms with Gasteiger partial charge in [0.05, 0.1) is 11.1 Å². The summed E-state index contributed by atoms with van der Waals surface area (Å²) < 4.78 is 0. The Morgan fingerprint density at radius 3 is 2.28 bits per heavy atom. The maximum Gasteiger partial charge on any atom is 0.223 e. The van der Waals surface area contributed by atoms with Crippen LogP contribution in [0.5, 0.6) is 0 Å². The highest BCUT2D eigenvalue weighted by molar-refractivity contribution is 5.52. The lowest BCUT2D eigenvalue weighted by atomic mass is 9.86. The van der Waals surface area contributed by atoms with E-state index in [0.717, 1.165) is 6.54 Å². The highest BCUT2D eigenvalue weighted by atomic mass is 16.3. The van der Waals surface area contributed by atoms with Crippen LogP contribution in [0.15, 0.2) is 6.07 Å². The summed E-state index contributed by atoms with van der Waals surface area (Å²) in [7, 11) is 0. The first-order valence-corrected chi connectivity index (χ1v) is 6.04. The quantitative estimate of drug-likeness (QED) is 0.634. The van der Waals surface area contributed by atoms with Crippen molar-refractivity contribution >= 4 is 17.6 Å². The fourth-order valence-electron chi connectivity index (χ4n) is 1.27. The molecular weight excluding hydrogens is 230 g/mol. The summed E-state index contributed by atoms with van der Waals surface area (Å²) in [4.78, 5) is 8.19. The second-order valence-corrected chi connectivity index (χ2v) is 5.34. The molecule has 6 heteroatoms. The smallest absolute Gasteiger partial charge is 0.223 e. The van der Waals surface area contributed by atoms with Gasteiger partial charge in [-0.1, -0.05) is 0 Å². The number of aromatic nitrogens is 2. The summed E-state index contributed by atoms with van der Waals surface area (Å²) in [5.41, 5.74) is 4.21. The molecule has 1 heterocycles. The molecule has 0 aliphatic heterocycles. The zero-order valence-corrected chi connectivity index (χ0v) is 11.7. The highest BCUT2D eigenvalue weighted by Gasteiger charge is 2.35. The minimum absolute atomic E-state index is 0.197. The molecule has 0 radical (unpaired) electrons. The zero-order chi connectivity index (χ0) is 14.0. The second kappa shape index (κ2) is 4.97. The van der Waals surface area contributed by atoms with E-state index in [2.05, 4.69) is 20.6 Å². The minimum Gasteiger partial charge on any atom is -0.388 e. The van der Waals surface area contributed by atoms with E-state index >= 15 is 0 Å². The molecule has 0 aliphatic rings. The number of anilines is 3. The van der Waals surface area contributed by atoms with E-state index < -0.39 is 11.1 Å². The van der Waals surface area contributed by atoms with Crippen molar-refractivity contribution in [1.82, 2.24) is 9.97 Å². The number of nitrogens with zero attached hydrogens (tertiary/aromatic N) is 2. The van der Waals surface area contributed by atoms with Crippen LogP contribution in [0.1, 0.15) is 34.6 Å². The molecule has 18 heavy (non-hydrogen) atoms. The Morgan fingerprint density at radius 2 is 1.78 bits per heavy atom. The first-order valence-electron chi connectivity index (χ1n) is 6.04. The Morgan fingerprint density at radius 1 is 1.22 bits per heavy atom. The summed E-state index contributed by atoms with van der Waals surface area (Å²) in [5.74, 6) is 1.45. The van der Waals surface area contributed by atoms with Gasteiger partial charge < -0.3 is 21.5 Å². The van der Waals surface area contributed by atoms with Crippen LogP contribution in [0.4, 0.5) is 17.6 Å². The summed E-state index contributed by atoms with van der Waals surface area (Å²) >= 11 is 0. The largest absolute Gasteiger partial charge is 0.388 e. The number of nitrogens with two attached hydrogens (primary N) is 1. The van der Waals surface area contributed by atoms with Gasteiger partial charge in [0.2, 0.25) is 5.95 Å². The Hall–Kier alpha value is -1.56. The van der Waals surface area contributed by atoms with Crippen molar-refractivity contribution in [2.75, 3.05) is 22.9 Å². The predicted octanol–water partition coefficient (Wildman–Crippen LogP) is 1.45. The van der Waals surface area contributed by atoms with Gasteiger partial charge >= 0.3 is 0 Å². The van der Waals surface area contributed by atoms with Crippen molar-refractivity contribution in [2.24, 2.45) is 0 Å². The van der Waals surface area contributed by atoms with Crippen LogP contribution in [0.2, 0.25) is 0 Å². The van der Waals surface area contributed by atoms with Gasteiger partial charge in [0.1, 0.15) is 11.6 Å². The third-order valence-electron chi connectivity index (χ3n) is 3.07. The van der Waals surface area contributed by atoms with Crippen molar-refractivity contribution in [3.05, 3.63) is 6.07 Å². The number of hydrogen-bond acceptors (Lipinski definition) is 6. The molecule has 0 saturated heterocycles. The molecule has 0 amide bonds. The van der Waals surface area contributed by atoms with Crippen molar-refractivity contribution in [3.8, 4) is 0 Å². The van der Waals surface area contributed by atoms with Gasteiger partial charge in [-0.15, -0.1) is 0 Å². The molecule has 0 bridgehead atoms. The highest BCUT2D eigenvalue weighted by Crippen LogP contribution is 2.26. The lowest BCUT2D eigenvalue weighted by Crippen LogP contribution is -2.51. The lowest BCUT2D eigenvalue weighted by Gasteiger charge is -2.38. The SMILES string of the molecule is CCNc1cc(NC(C)(C)C(C)(C)O)nc(N)n1. The maximum atomic E-state index is 10.1. The topological polar surface area (TPSA) is 96.1 Å². The molecule has 0 aliphatic carbocycles. The third kappa shape index (κ3) is 3.46. The Balaban J connectivity index is 2.97. The molecule has 1 aromatic heterocycles. The van der Waals surface area contributed by atoms with Crippen LogP contribution in [0, 0.1) is 0 Å². The van der Waals surface area contributed by atoms with E-state index in [-0.39, 0.29) is 5.95 Å². The lowest BCUT2D eigenvalue weighted by molar-refractivity contribution is 0.0239.